The summed E-state index contributed by atoms with van der Waals surface area (Å²) >= 11 is 0. The van der Waals surface area contributed by atoms with Crippen molar-refractivity contribution < 1.29 is 9.59 Å². The number of nitrogens with one attached hydrogen (secondary N) is 1. The Kier molecular flexibility index (Phi) is 6.75. The number of nitrogens with zero attached hydrogens (tertiary/aromatic N) is 5. The minimum Gasteiger partial charge on any atom is -0.338 e. The Balaban J connectivity index is 1.14. The molecule has 1 aromatic carbocycles. The molecule has 0 bridgehead atoms. The summed E-state index contributed by atoms with van der Waals surface area (Å²) in [4.78, 5) is 47.0. The average molecular weight is 496 g/mol. The van der Waals surface area contributed by atoms with Crippen LogP contribution < -0.4 is 28.2 Å². The third-order valence-electron chi connectivity index (χ3n) is 7.44. The SMILES string of the molecule is NC[C@H](N)C(=O)N1CCN(C(=O)Nc2ccn(-c3ccc(CN4C[C@@H]5C(N)[C@@H]5C4)cc3)c(=O)n2)CC1. The lowest BCUT2D eigenvalue weighted by Crippen LogP contribution is -2.56. The number of aromatic nitrogens is 2. The molecule has 3 heterocycles. The predicted octanol–water partition coefficient (Wildman–Crippen LogP) is -1.42. The maximum atomic E-state index is 12.6. The zero-order valence-electron chi connectivity index (χ0n) is 20.1. The van der Waals surface area contributed by atoms with E-state index in [0.717, 1.165) is 19.6 Å². The number of amides is 3. The number of urea groups is 1. The van der Waals surface area contributed by atoms with Crippen molar-refractivity contribution in [1.82, 2.24) is 24.3 Å². The highest BCUT2D eigenvalue weighted by Crippen LogP contribution is 2.44. The van der Waals surface area contributed by atoms with Gasteiger partial charge in [-0.15, -0.1) is 0 Å². The number of benzene rings is 1. The molecule has 2 aliphatic heterocycles. The van der Waals surface area contributed by atoms with E-state index in [9.17, 15) is 14.4 Å². The number of fused-ring (bicyclic) bond motifs is 1. The monoisotopic (exact) mass is 495 g/mol. The topological polar surface area (TPSA) is 169 Å². The molecule has 36 heavy (non-hydrogen) atoms. The van der Waals surface area contributed by atoms with E-state index in [1.165, 1.54) is 10.1 Å². The van der Waals surface area contributed by atoms with Crippen LogP contribution in [-0.4, -0.2) is 94.1 Å². The molecule has 5 rings (SSSR count). The van der Waals surface area contributed by atoms with Crippen molar-refractivity contribution >= 4 is 17.8 Å². The van der Waals surface area contributed by atoms with Crippen LogP contribution in [0.15, 0.2) is 41.3 Å². The highest BCUT2D eigenvalue weighted by molar-refractivity contribution is 5.88. The molecule has 7 N–H and O–H groups in total. The van der Waals surface area contributed by atoms with Crippen molar-refractivity contribution in [1.29, 1.82) is 0 Å². The van der Waals surface area contributed by atoms with Crippen molar-refractivity contribution in [3.8, 4) is 5.69 Å². The predicted molar refractivity (Wildman–Crippen MR) is 134 cm³/mol. The highest BCUT2D eigenvalue weighted by Gasteiger charge is 2.53. The zero-order chi connectivity index (χ0) is 25.4. The number of piperazine rings is 1. The molecule has 0 radical (unpaired) electrons. The van der Waals surface area contributed by atoms with Crippen LogP contribution in [0.5, 0.6) is 0 Å². The van der Waals surface area contributed by atoms with Gasteiger partial charge in [0.25, 0.3) is 0 Å². The summed E-state index contributed by atoms with van der Waals surface area (Å²) in [5.41, 5.74) is 18.6. The van der Waals surface area contributed by atoms with Gasteiger partial charge in [-0.3, -0.25) is 19.6 Å². The number of rotatable bonds is 6. The van der Waals surface area contributed by atoms with Gasteiger partial charge in [0.05, 0.1) is 11.7 Å². The van der Waals surface area contributed by atoms with Gasteiger partial charge in [-0.05, 0) is 35.6 Å². The number of carbonyl (C=O) groups is 2. The molecule has 12 nitrogen and oxygen atoms in total. The van der Waals surface area contributed by atoms with Gasteiger partial charge < -0.3 is 27.0 Å². The van der Waals surface area contributed by atoms with Gasteiger partial charge in [0.15, 0.2) is 0 Å². The van der Waals surface area contributed by atoms with E-state index in [-0.39, 0.29) is 24.3 Å². The van der Waals surface area contributed by atoms with Crippen LogP contribution in [0.3, 0.4) is 0 Å². The van der Waals surface area contributed by atoms with E-state index >= 15 is 0 Å². The Morgan fingerprint density at radius 3 is 2.28 bits per heavy atom. The number of likely N-dealkylation sites (tertiary alicyclic amines) is 1. The second-order valence-corrected chi connectivity index (χ2v) is 9.82. The standard InChI is InChI=1S/C24H33N9O3/c25-11-19(26)22(34)31-7-9-32(10-8-31)23(35)28-20-5-6-33(24(36)29-20)16-3-1-15(2-4-16)12-30-13-17-18(14-30)21(17)27/h1-6,17-19,21H,7-14,25-27H2,(H,28,29,35,36)/t17-,18+,19-,21?/m0/s1. The maximum absolute atomic E-state index is 12.6. The number of piperidine rings is 1. The van der Waals surface area contributed by atoms with Crippen molar-refractivity contribution in [3.63, 3.8) is 0 Å². The number of nitrogens with two attached hydrogens (primary N) is 3. The molecule has 3 aliphatic rings. The Morgan fingerprint density at radius 1 is 1.03 bits per heavy atom. The van der Waals surface area contributed by atoms with Crippen LogP contribution in [0.25, 0.3) is 5.69 Å². The summed E-state index contributed by atoms with van der Waals surface area (Å²) in [5.74, 6) is 1.27. The van der Waals surface area contributed by atoms with Crippen LogP contribution >= 0.6 is 0 Å². The molecular weight excluding hydrogens is 462 g/mol. The molecule has 1 aromatic heterocycles. The third kappa shape index (κ3) is 4.98. The molecular formula is C24H33N9O3. The first-order valence-electron chi connectivity index (χ1n) is 12.3. The van der Waals surface area contributed by atoms with Crippen LogP contribution in [0.1, 0.15) is 5.56 Å². The van der Waals surface area contributed by atoms with E-state index in [4.69, 9.17) is 17.2 Å². The highest BCUT2D eigenvalue weighted by atomic mass is 16.2. The van der Waals surface area contributed by atoms with E-state index in [1.807, 2.05) is 24.3 Å². The van der Waals surface area contributed by atoms with E-state index in [2.05, 4.69) is 15.2 Å². The van der Waals surface area contributed by atoms with E-state index in [0.29, 0.717) is 49.7 Å². The molecule has 1 unspecified atom stereocenters. The van der Waals surface area contributed by atoms with Crippen molar-refractivity contribution in [2.75, 3.05) is 51.1 Å². The average Bonchev–Trinajstić information content (AvgIpc) is 3.27. The number of carbonyl (C=O) groups excluding carboxylic acids is 2. The first kappa shape index (κ1) is 24.4. The molecule has 192 valence electrons. The quantitative estimate of drug-likeness (QED) is 0.379. The summed E-state index contributed by atoms with van der Waals surface area (Å²) in [6.07, 6.45) is 1.60. The lowest BCUT2D eigenvalue weighted by molar-refractivity contribution is -0.133. The van der Waals surface area contributed by atoms with Crippen LogP contribution in [0.4, 0.5) is 10.6 Å². The van der Waals surface area contributed by atoms with Crippen LogP contribution in [0.2, 0.25) is 0 Å². The lowest BCUT2D eigenvalue weighted by atomic mass is 10.2. The molecule has 3 amide bonds. The minimum absolute atomic E-state index is 0.0792. The third-order valence-corrected chi connectivity index (χ3v) is 7.44. The van der Waals surface area contributed by atoms with Crippen molar-refractivity contribution in [3.05, 3.63) is 52.6 Å². The van der Waals surface area contributed by atoms with Crippen molar-refractivity contribution in [2.45, 2.75) is 18.6 Å². The minimum atomic E-state index is -0.729. The largest absolute Gasteiger partial charge is 0.354 e. The smallest absolute Gasteiger partial charge is 0.338 e. The lowest BCUT2D eigenvalue weighted by Gasteiger charge is -2.35. The molecule has 1 saturated carbocycles. The fourth-order valence-electron chi connectivity index (χ4n) is 5.13. The molecule has 2 aromatic rings. The molecule has 0 spiro atoms. The summed E-state index contributed by atoms with van der Waals surface area (Å²) in [7, 11) is 0. The fraction of sp³-hybridized carbons (Fsp3) is 0.500. The van der Waals surface area contributed by atoms with Gasteiger partial charge in [0, 0.05) is 64.6 Å². The molecule has 2 saturated heterocycles. The Bertz CT molecular complexity index is 1160. The maximum Gasteiger partial charge on any atom is 0.354 e. The second kappa shape index (κ2) is 9.97. The second-order valence-electron chi connectivity index (χ2n) is 9.82. The molecule has 1 aliphatic carbocycles. The van der Waals surface area contributed by atoms with Crippen LogP contribution in [0, 0.1) is 11.8 Å². The zero-order valence-corrected chi connectivity index (χ0v) is 20.1. The van der Waals surface area contributed by atoms with E-state index in [1.54, 1.807) is 22.1 Å². The molecule has 3 fully saturated rings. The number of hydrogen-bond donors (Lipinski definition) is 4. The van der Waals surface area contributed by atoms with Gasteiger partial charge in [0.2, 0.25) is 5.91 Å². The van der Waals surface area contributed by atoms with Gasteiger partial charge in [-0.1, -0.05) is 12.1 Å². The number of hydrogen-bond acceptors (Lipinski definition) is 8. The van der Waals surface area contributed by atoms with Crippen molar-refractivity contribution in [2.24, 2.45) is 29.0 Å². The first-order chi connectivity index (χ1) is 17.3. The fourth-order valence-corrected chi connectivity index (χ4v) is 5.13. The van der Waals surface area contributed by atoms with Gasteiger partial charge in [-0.25, -0.2) is 9.59 Å². The van der Waals surface area contributed by atoms with Crippen LogP contribution in [-0.2, 0) is 11.3 Å². The van der Waals surface area contributed by atoms with E-state index < -0.39 is 11.7 Å². The Morgan fingerprint density at radius 2 is 1.67 bits per heavy atom. The van der Waals surface area contributed by atoms with Gasteiger partial charge >= 0.3 is 11.7 Å². The Labute approximate surface area is 209 Å². The molecule has 4 atom stereocenters. The first-order valence-corrected chi connectivity index (χ1v) is 12.3. The summed E-state index contributed by atoms with van der Waals surface area (Å²) in [6, 6.07) is 8.71. The van der Waals surface area contributed by atoms with Gasteiger partial charge in [-0.2, -0.15) is 4.98 Å². The Hall–Kier alpha value is -3.32. The number of anilines is 1. The summed E-state index contributed by atoms with van der Waals surface area (Å²) in [6.45, 7) is 4.51. The summed E-state index contributed by atoms with van der Waals surface area (Å²) in [5, 5.41) is 2.67. The molecule has 12 heteroatoms. The summed E-state index contributed by atoms with van der Waals surface area (Å²) < 4.78 is 1.44. The normalized spacial score (nSPS) is 24.4. The van der Waals surface area contributed by atoms with Gasteiger partial charge in [0.1, 0.15) is 5.82 Å².